The number of benzene rings is 1. The molecule has 1 heterocycles. The SMILES string of the molecule is COC(=O)c1cc(C)c2cccc(OC(C)C)c2n1. The number of carbonyl (C=O) groups excluding carboxylic acids is 1. The van der Waals surface area contributed by atoms with E-state index in [1.165, 1.54) is 7.11 Å². The second kappa shape index (κ2) is 5.26. The molecule has 0 bridgehead atoms. The van der Waals surface area contributed by atoms with Gasteiger partial charge in [-0.15, -0.1) is 0 Å². The van der Waals surface area contributed by atoms with Gasteiger partial charge in [-0.25, -0.2) is 9.78 Å². The van der Waals surface area contributed by atoms with Gasteiger partial charge in [0, 0.05) is 5.39 Å². The summed E-state index contributed by atoms with van der Waals surface area (Å²) >= 11 is 0. The van der Waals surface area contributed by atoms with E-state index in [1.807, 2.05) is 39.0 Å². The molecule has 0 aliphatic rings. The Hall–Kier alpha value is -2.10. The van der Waals surface area contributed by atoms with Gasteiger partial charge in [0.25, 0.3) is 0 Å². The van der Waals surface area contributed by atoms with Gasteiger partial charge in [0.05, 0.1) is 13.2 Å². The Morgan fingerprint density at radius 2 is 2.05 bits per heavy atom. The quantitative estimate of drug-likeness (QED) is 0.795. The van der Waals surface area contributed by atoms with Crippen molar-refractivity contribution in [2.24, 2.45) is 0 Å². The summed E-state index contributed by atoms with van der Waals surface area (Å²) < 4.78 is 10.5. The van der Waals surface area contributed by atoms with Crippen LogP contribution in [-0.4, -0.2) is 24.2 Å². The highest BCUT2D eigenvalue weighted by Gasteiger charge is 2.13. The minimum atomic E-state index is -0.440. The smallest absolute Gasteiger partial charge is 0.356 e. The van der Waals surface area contributed by atoms with Crippen molar-refractivity contribution in [3.8, 4) is 5.75 Å². The molecule has 0 aliphatic heterocycles. The van der Waals surface area contributed by atoms with Gasteiger partial charge < -0.3 is 9.47 Å². The number of esters is 1. The number of aryl methyl sites for hydroxylation is 1. The highest BCUT2D eigenvalue weighted by atomic mass is 16.5. The van der Waals surface area contributed by atoms with Crippen molar-refractivity contribution in [3.63, 3.8) is 0 Å². The Labute approximate surface area is 112 Å². The molecule has 1 aromatic heterocycles. The minimum absolute atomic E-state index is 0.0505. The summed E-state index contributed by atoms with van der Waals surface area (Å²) in [7, 11) is 1.35. The first-order valence-corrected chi connectivity index (χ1v) is 6.18. The van der Waals surface area contributed by atoms with Gasteiger partial charge in [-0.05, 0) is 38.5 Å². The fraction of sp³-hybridized carbons (Fsp3) is 0.333. The first kappa shape index (κ1) is 13.3. The zero-order valence-corrected chi connectivity index (χ0v) is 11.6. The maximum Gasteiger partial charge on any atom is 0.356 e. The van der Waals surface area contributed by atoms with Crippen LogP contribution in [0.15, 0.2) is 24.3 Å². The van der Waals surface area contributed by atoms with Gasteiger partial charge in [-0.1, -0.05) is 12.1 Å². The Morgan fingerprint density at radius 3 is 2.68 bits per heavy atom. The van der Waals surface area contributed by atoms with Crippen molar-refractivity contribution in [2.75, 3.05) is 7.11 Å². The lowest BCUT2D eigenvalue weighted by molar-refractivity contribution is 0.0594. The molecule has 0 unspecified atom stereocenters. The summed E-state index contributed by atoms with van der Waals surface area (Å²) in [6, 6.07) is 7.47. The van der Waals surface area contributed by atoms with Crippen LogP contribution in [0.4, 0.5) is 0 Å². The summed E-state index contributed by atoms with van der Waals surface area (Å²) in [5, 5.41) is 0.978. The number of carbonyl (C=O) groups is 1. The maximum absolute atomic E-state index is 11.6. The predicted molar refractivity (Wildman–Crippen MR) is 73.6 cm³/mol. The largest absolute Gasteiger partial charge is 0.489 e. The van der Waals surface area contributed by atoms with Crippen LogP contribution < -0.4 is 4.74 Å². The van der Waals surface area contributed by atoms with Crippen LogP contribution in [0.3, 0.4) is 0 Å². The number of rotatable bonds is 3. The Balaban J connectivity index is 2.65. The van der Waals surface area contributed by atoms with Crippen LogP contribution in [0.25, 0.3) is 10.9 Å². The molecule has 100 valence electrons. The van der Waals surface area contributed by atoms with Crippen LogP contribution in [-0.2, 0) is 4.74 Å². The van der Waals surface area contributed by atoms with Crippen molar-refractivity contribution in [2.45, 2.75) is 26.9 Å². The standard InChI is InChI=1S/C15H17NO3/c1-9(2)19-13-7-5-6-11-10(3)8-12(15(17)18-4)16-14(11)13/h5-9H,1-4H3. The van der Waals surface area contributed by atoms with Crippen LogP contribution in [0.5, 0.6) is 5.75 Å². The van der Waals surface area contributed by atoms with Gasteiger partial charge in [-0.3, -0.25) is 0 Å². The van der Waals surface area contributed by atoms with Gasteiger partial charge in [0.15, 0.2) is 0 Å². The molecule has 2 rings (SSSR count). The maximum atomic E-state index is 11.6. The van der Waals surface area contributed by atoms with Gasteiger partial charge >= 0.3 is 5.97 Å². The molecule has 0 spiro atoms. The third kappa shape index (κ3) is 2.67. The Kier molecular flexibility index (Phi) is 3.69. The molecular weight excluding hydrogens is 242 g/mol. The number of ether oxygens (including phenoxy) is 2. The Morgan fingerprint density at radius 1 is 1.32 bits per heavy atom. The molecule has 0 amide bonds. The monoisotopic (exact) mass is 259 g/mol. The van der Waals surface area contributed by atoms with Crippen LogP contribution in [0.2, 0.25) is 0 Å². The molecule has 4 nitrogen and oxygen atoms in total. The number of aromatic nitrogens is 1. The molecule has 2 aromatic rings. The number of fused-ring (bicyclic) bond motifs is 1. The van der Waals surface area contributed by atoms with Crippen LogP contribution in [0, 0.1) is 6.92 Å². The van der Waals surface area contributed by atoms with Crippen molar-refractivity contribution in [3.05, 3.63) is 35.5 Å². The van der Waals surface area contributed by atoms with E-state index in [9.17, 15) is 4.79 Å². The van der Waals surface area contributed by atoms with Gasteiger partial charge in [0.2, 0.25) is 0 Å². The molecule has 0 saturated heterocycles. The summed E-state index contributed by atoms with van der Waals surface area (Å²) in [5.74, 6) is 0.241. The molecule has 1 aromatic carbocycles. The first-order valence-electron chi connectivity index (χ1n) is 6.18. The summed E-state index contributed by atoms with van der Waals surface area (Å²) in [4.78, 5) is 16.0. The lowest BCUT2D eigenvalue weighted by Crippen LogP contribution is -2.08. The number of nitrogens with zero attached hydrogens (tertiary/aromatic N) is 1. The molecule has 19 heavy (non-hydrogen) atoms. The van der Waals surface area contributed by atoms with E-state index in [0.29, 0.717) is 17.0 Å². The van der Waals surface area contributed by atoms with Crippen LogP contribution >= 0.6 is 0 Å². The minimum Gasteiger partial charge on any atom is -0.489 e. The molecule has 0 radical (unpaired) electrons. The highest BCUT2D eigenvalue weighted by molar-refractivity contribution is 5.94. The van der Waals surface area contributed by atoms with Crippen molar-refractivity contribution in [1.29, 1.82) is 0 Å². The molecule has 4 heteroatoms. The number of hydrogen-bond acceptors (Lipinski definition) is 4. The molecule has 0 fully saturated rings. The topological polar surface area (TPSA) is 48.4 Å². The third-order valence-corrected chi connectivity index (χ3v) is 2.77. The zero-order chi connectivity index (χ0) is 14.0. The van der Waals surface area contributed by atoms with Gasteiger partial charge in [-0.2, -0.15) is 0 Å². The molecular formula is C15H17NO3. The lowest BCUT2D eigenvalue weighted by atomic mass is 10.1. The number of methoxy groups -OCH3 is 1. The number of para-hydroxylation sites is 1. The predicted octanol–water partition coefficient (Wildman–Crippen LogP) is 3.12. The lowest BCUT2D eigenvalue weighted by Gasteiger charge is -2.13. The molecule has 0 saturated carbocycles. The van der Waals surface area contributed by atoms with E-state index >= 15 is 0 Å². The van der Waals surface area contributed by atoms with E-state index in [2.05, 4.69) is 4.98 Å². The fourth-order valence-electron chi connectivity index (χ4n) is 1.95. The first-order chi connectivity index (χ1) is 9.02. The average Bonchev–Trinajstić information content (AvgIpc) is 2.38. The average molecular weight is 259 g/mol. The zero-order valence-electron chi connectivity index (χ0n) is 11.6. The van der Waals surface area contributed by atoms with Gasteiger partial charge in [0.1, 0.15) is 17.0 Å². The van der Waals surface area contributed by atoms with Crippen molar-refractivity contribution >= 4 is 16.9 Å². The van der Waals surface area contributed by atoms with Crippen LogP contribution in [0.1, 0.15) is 29.9 Å². The van der Waals surface area contributed by atoms with Crippen molar-refractivity contribution in [1.82, 2.24) is 4.98 Å². The normalized spacial score (nSPS) is 10.8. The Bertz CT molecular complexity index is 620. The van der Waals surface area contributed by atoms with E-state index < -0.39 is 5.97 Å². The van der Waals surface area contributed by atoms with E-state index in [4.69, 9.17) is 9.47 Å². The second-order valence-corrected chi connectivity index (χ2v) is 4.63. The van der Waals surface area contributed by atoms with Crippen molar-refractivity contribution < 1.29 is 14.3 Å². The molecule has 0 aliphatic carbocycles. The summed E-state index contributed by atoms with van der Waals surface area (Å²) in [6.07, 6.45) is 0.0505. The van der Waals surface area contributed by atoms with E-state index in [0.717, 1.165) is 10.9 Å². The molecule has 0 atom stereocenters. The van der Waals surface area contributed by atoms with E-state index in [-0.39, 0.29) is 6.10 Å². The summed E-state index contributed by atoms with van der Waals surface area (Å²) in [5.41, 5.74) is 1.96. The third-order valence-electron chi connectivity index (χ3n) is 2.77. The summed E-state index contributed by atoms with van der Waals surface area (Å²) in [6.45, 7) is 5.85. The number of pyridine rings is 1. The molecule has 0 N–H and O–H groups in total. The fourth-order valence-corrected chi connectivity index (χ4v) is 1.95. The van der Waals surface area contributed by atoms with E-state index in [1.54, 1.807) is 6.07 Å². The number of hydrogen-bond donors (Lipinski definition) is 0. The highest BCUT2D eigenvalue weighted by Crippen LogP contribution is 2.27. The second-order valence-electron chi connectivity index (χ2n) is 4.63.